The lowest BCUT2D eigenvalue weighted by Gasteiger charge is -2.11. The predicted molar refractivity (Wildman–Crippen MR) is 296 cm³/mol. The van der Waals surface area contributed by atoms with E-state index in [9.17, 15) is 9.59 Å². The van der Waals surface area contributed by atoms with E-state index in [4.69, 9.17) is 24.8 Å². The van der Waals surface area contributed by atoms with E-state index >= 15 is 0 Å². The first-order valence-electron chi connectivity index (χ1n) is 19.7. The Labute approximate surface area is 428 Å². The largest absolute Gasteiger partial charge is 0.481 e. The lowest BCUT2D eigenvalue weighted by atomic mass is 9.97. The highest BCUT2D eigenvalue weighted by Crippen LogP contribution is 2.32. The highest BCUT2D eigenvalue weighted by Gasteiger charge is 2.10. The number of carbonyl (C=O) groups is 4. The van der Waals surface area contributed by atoms with E-state index in [2.05, 4.69) is 189 Å². The van der Waals surface area contributed by atoms with Gasteiger partial charge in [-0.1, -0.05) is 153 Å². The summed E-state index contributed by atoms with van der Waals surface area (Å²) in [5.41, 5.74) is 12.8. The molecular formula is C55H51I3N2O6. The minimum absolute atomic E-state index is 0. The monoisotopic (exact) mass is 1220 g/mol. The van der Waals surface area contributed by atoms with Gasteiger partial charge in [-0.2, -0.15) is 0 Å². The van der Waals surface area contributed by atoms with Crippen LogP contribution in [0, 0.1) is 10.7 Å². The molecule has 0 bridgehead atoms. The number of benzene rings is 7. The molecule has 8 aromatic rings. The van der Waals surface area contributed by atoms with E-state index in [0.717, 1.165) is 57.3 Å². The van der Waals surface area contributed by atoms with Crippen LogP contribution in [-0.2, 0) is 9.59 Å². The number of carboxylic acid groups (broad SMARTS) is 2. The van der Waals surface area contributed by atoms with Crippen LogP contribution in [0.3, 0.4) is 0 Å². The van der Waals surface area contributed by atoms with Crippen LogP contribution < -0.4 is 6.15 Å². The van der Waals surface area contributed by atoms with Crippen LogP contribution in [-0.4, -0.2) is 39.2 Å². The van der Waals surface area contributed by atoms with Gasteiger partial charge in [-0.15, -0.1) is 0 Å². The van der Waals surface area contributed by atoms with Crippen molar-refractivity contribution in [1.82, 2.24) is 11.1 Å². The van der Waals surface area contributed by atoms with Crippen LogP contribution in [0.2, 0.25) is 0 Å². The fourth-order valence-corrected chi connectivity index (χ4v) is 6.87. The highest BCUT2D eigenvalue weighted by molar-refractivity contribution is 14.1. The molecule has 0 saturated carbocycles. The maximum Gasteiger partial charge on any atom is 0.300 e. The summed E-state index contributed by atoms with van der Waals surface area (Å²) < 4.78 is 3.59. The summed E-state index contributed by atoms with van der Waals surface area (Å²) in [7, 11) is 0. The standard InChI is InChI=1S/C29H19I2N.C13H10O.C8H7IO.2C2H4O2.CH4.H3N/c30-26-14-10-23(11-15-26)28-18-25(19-29(32-28)24-12-16-27(31)17-13-24)22-8-6-21(7-9-22)20-4-2-1-3-5-20;14-10-11-6-8-13(9-7-11)12-4-2-1-3-5-12;1-6(10)7-2-4-8(9)5-3-7;2*1-2(3)4;;/h1-19H;1-10H;2-5H,1H3;2*1H3,(H,3,4);1H4;1H3. The number of carboxylic acids is 2. The van der Waals surface area contributed by atoms with Crippen LogP contribution in [0.4, 0.5) is 0 Å². The minimum Gasteiger partial charge on any atom is -0.481 e. The number of hydrogen-bond acceptors (Lipinski definition) is 6. The summed E-state index contributed by atoms with van der Waals surface area (Å²) in [5.74, 6) is -1.54. The molecule has 0 amide bonds. The number of aliphatic carboxylic acids is 2. The number of aromatic nitrogens is 1. The summed E-state index contributed by atoms with van der Waals surface area (Å²) in [6, 6.07) is 65.9. The van der Waals surface area contributed by atoms with Crippen LogP contribution in [0.1, 0.15) is 48.9 Å². The molecule has 0 unspecified atom stereocenters. The van der Waals surface area contributed by atoms with E-state index in [1.54, 1.807) is 6.92 Å². The van der Waals surface area contributed by atoms with Crippen molar-refractivity contribution in [3.05, 3.63) is 216 Å². The van der Waals surface area contributed by atoms with Crippen LogP contribution in [0.15, 0.2) is 194 Å². The predicted octanol–water partition coefficient (Wildman–Crippen LogP) is 15.6. The molecular weight excluding hydrogens is 1170 g/mol. The third-order valence-electron chi connectivity index (χ3n) is 8.84. The molecule has 1 heterocycles. The summed E-state index contributed by atoms with van der Waals surface area (Å²) in [6.07, 6.45) is 0.856. The number of rotatable bonds is 7. The number of halogens is 3. The number of nitrogens with zero attached hydrogens (tertiary/aromatic N) is 1. The summed E-state index contributed by atoms with van der Waals surface area (Å²) in [4.78, 5) is 44.2. The maximum absolute atomic E-state index is 10.8. The number of Topliss-reactive ketones (excluding diaryl/α,β-unsaturated/α-hetero) is 1. The topological polar surface area (TPSA) is 157 Å². The molecule has 0 aliphatic heterocycles. The average Bonchev–Trinajstić information content (AvgIpc) is 3.30. The second kappa shape index (κ2) is 29.6. The number of aldehydes is 1. The van der Waals surface area contributed by atoms with Crippen molar-refractivity contribution in [2.75, 3.05) is 0 Å². The van der Waals surface area contributed by atoms with E-state index < -0.39 is 11.9 Å². The molecule has 0 aliphatic carbocycles. The van der Waals surface area contributed by atoms with Gasteiger partial charge in [0.2, 0.25) is 0 Å². The quantitative estimate of drug-likeness (QED) is 0.0809. The van der Waals surface area contributed by atoms with Gasteiger partial charge in [0.05, 0.1) is 11.4 Å². The fourth-order valence-electron chi connectivity index (χ4n) is 5.79. The summed E-state index contributed by atoms with van der Waals surface area (Å²) >= 11 is 6.88. The smallest absolute Gasteiger partial charge is 0.300 e. The number of pyridine rings is 1. The Balaban J connectivity index is 0.000000362. The van der Waals surface area contributed by atoms with Gasteiger partial charge < -0.3 is 16.4 Å². The van der Waals surface area contributed by atoms with E-state index in [0.29, 0.717) is 5.56 Å². The molecule has 0 atom stereocenters. The van der Waals surface area contributed by atoms with Gasteiger partial charge in [-0.05, 0) is 157 Å². The number of carbonyl (C=O) groups excluding carboxylic acids is 2. The lowest BCUT2D eigenvalue weighted by Crippen LogP contribution is -1.91. The van der Waals surface area contributed by atoms with Crippen molar-refractivity contribution < 1.29 is 29.4 Å². The molecule has 5 N–H and O–H groups in total. The zero-order valence-corrected chi connectivity index (χ0v) is 42.3. The number of ketones is 1. The molecule has 0 radical (unpaired) electrons. The highest BCUT2D eigenvalue weighted by atomic mass is 127. The second-order valence-corrected chi connectivity index (χ2v) is 17.5. The van der Waals surface area contributed by atoms with Crippen LogP contribution in [0.25, 0.3) is 55.9 Å². The molecule has 66 heavy (non-hydrogen) atoms. The average molecular weight is 1220 g/mol. The Bertz CT molecular complexity index is 2630. The molecule has 8 nitrogen and oxygen atoms in total. The molecule has 338 valence electrons. The van der Waals surface area contributed by atoms with Gasteiger partial charge in [0, 0.05) is 46.8 Å². The van der Waals surface area contributed by atoms with Crippen molar-refractivity contribution in [3.8, 4) is 55.9 Å². The van der Waals surface area contributed by atoms with Gasteiger partial charge in [0.15, 0.2) is 5.78 Å². The van der Waals surface area contributed by atoms with Crippen LogP contribution >= 0.6 is 67.8 Å². The number of hydrogen-bond donors (Lipinski definition) is 3. The van der Waals surface area contributed by atoms with Crippen molar-refractivity contribution in [2.24, 2.45) is 0 Å². The van der Waals surface area contributed by atoms with Gasteiger partial charge in [0.1, 0.15) is 6.29 Å². The zero-order chi connectivity index (χ0) is 46.4. The molecule has 0 aliphatic rings. The van der Waals surface area contributed by atoms with Crippen molar-refractivity contribution in [2.45, 2.75) is 28.2 Å². The van der Waals surface area contributed by atoms with Crippen LogP contribution in [0.5, 0.6) is 0 Å². The molecule has 0 saturated heterocycles. The first-order chi connectivity index (χ1) is 30.7. The molecule has 8 rings (SSSR count). The zero-order valence-electron chi connectivity index (χ0n) is 35.9. The van der Waals surface area contributed by atoms with Crippen molar-refractivity contribution in [3.63, 3.8) is 0 Å². The Morgan fingerprint density at radius 2 is 0.697 bits per heavy atom. The first kappa shape index (κ1) is 56.2. The Kier molecular flexibility index (Phi) is 25.2. The van der Waals surface area contributed by atoms with Gasteiger partial charge in [-0.25, -0.2) is 4.98 Å². The molecule has 0 spiro atoms. The van der Waals surface area contributed by atoms with Crippen molar-refractivity contribution in [1.29, 1.82) is 0 Å². The molecule has 0 fully saturated rings. The molecule has 1 aromatic heterocycles. The van der Waals surface area contributed by atoms with E-state index in [1.165, 1.54) is 35.0 Å². The normalized spacial score (nSPS) is 9.48. The Morgan fingerprint density at radius 3 is 1.02 bits per heavy atom. The first-order valence-corrected chi connectivity index (χ1v) is 22.9. The second-order valence-electron chi connectivity index (χ2n) is 13.8. The van der Waals surface area contributed by atoms with E-state index in [-0.39, 0.29) is 19.4 Å². The SMILES string of the molecule is C.CC(=O)O.CC(=O)O.CC(=O)c1ccc(I)cc1.Ic1ccc(-c2cc(-c3ccc(-c4ccccc4)cc3)cc(-c3ccc(I)cc3)n2)cc1.N.O=Cc1ccc(-c2ccccc2)cc1. The van der Waals surface area contributed by atoms with Gasteiger partial charge in [-0.3, -0.25) is 19.2 Å². The van der Waals surface area contributed by atoms with Crippen molar-refractivity contribution >= 4 is 91.8 Å². The Morgan fingerprint density at radius 1 is 0.424 bits per heavy atom. The molecule has 7 aromatic carbocycles. The third kappa shape index (κ3) is 19.7. The Hall–Kier alpha value is -5.88. The van der Waals surface area contributed by atoms with Gasteiger partial charge >= 0.3 is 0 Å². The third-order valence-corrected chi connectivity index (χ3v) is 11.0. The minimum atomic E-state index is -0.833. The summed E-state index contributed by atoms with van der Waals surface area (Å²) in [5, 5.41) is 14.8. The molecule has 11 heteroatoms. The maximum atomic E-state index is 10.8. The van der Waals surface area contributed by atoms with E-state index in [1.807, 2.05) is 72.8 Å². The lowest BCUT2D eigenvalue weighted by molar-refractivity contribution is -0.135. The fraction of sp³-hybridized carbons (Fsp3) is 0.0727. The summed E-state index contributed by atoms with van der Waals surface area (Å²) in [6.45, 7) is 3.74. The van der Waals surface area contributed by atoms with Gasteiger partial charge in [0.25, 0.3) is 11.9 Å².